The second-order valence-electron chi connectivity index (χ2n) is 3.27. The van der Waals surface area contributed by atoms with Crippen molar-refractivity contribution >= 4 is 6.21 Å². The van der Waals surface area contributed by atoms with Gasteiger partial charge in [-0.15, -0.1) is 0 Å². The summed E-state index contributed by atoms with van der Waals surface area (Å²) in [7, 11) is 0. The molecule has 0 bridgehead atoms. The van der Waals surface area contributed by atoms with Gasteiger partial charge in [0.25, 0.3) is 0 Å². The van der Waals surface area contributed by atoms with Crippen molar-refractivity contribution in [2.24, 2.45) is 4.99 Å². The standard InChI is InChI=1S/C11H21N/c1-5-7-8-10(3)9-12-11(4)6-2/h8-9,11H,5-7H2,1-4H3/b10-8+,12-9?. The molecule has 0 aromatic rings. The molecule has 1 heteroatoms. The molecule has 70 valence electrons. The molecule has 12 heavy (non-hydrogen) atoms. The van der Waals surface area contributed by atoms with Crippen molar-refractivity contribution in [2.75, 3.05) is 0 Å². The van der Waals surface area contributed by atoms with Crippen LogP contribution in [0, 0.1) is 0 Å². The highest BCUT2D eigenvalue weighted by Crippen LogP contribution is 1.98. The number of hydrogen-bond donors (Lipinski definition) is 0. The van der Waals surface area contributed by atoms with Gasteiger partial charge >= 0.3 is 0 Å². The maximum absolute atomic E-state index is 4.40. The van der Waals surface area contributed by atoms with Gasteiger partial charge in [0.05, 0.1) is 0 Å². The maximum atomic E-state index is 4.40. The van der Waals surface area contributed by atoms with Crippen LogP contribution >= 0.6 is 0 Å². The molecule has 0 fully saturated rings. The molecule has 0 aliphatic heterocycles. The van der Waals surface area contributed by atoms with E-state index in [1.807, 2.05) is 6.21 Å². The third-order valence-corrected chi connectivity index (χ3v) is 1.88. The van der Waals surface area contributed by atoms with Crippen molar-refractivity contribution in [2.45, 2.75) is 53.0 Å². The monoisotopic (exact) mass is 167 g/mol. The van der Waals surface area contributed by atoms with Crippen molar-refractivity contribution in [3.63, 3.8) is 0 Å². The molecule has 1 atom stereocenters. The predicted molar refractivity (Wildman–Crippen MR) is 56.9 cm³/mol. The van der Waals surface area contributed by atoms with Gasteiger partial charge in [-0.2, -0.15) is 0 Å². The minimum atomic E-state index is 0.468. The molecule has 1 nitrogen and oxygen atoms in total. The molecular formula is C11H21N. The highest BCUT2D eigenvalue weighted by atomic mass is 14.7. The van der Waals surface area contributed by atoms with Crippen molar-refractivity contribution in [3.8, 4) is 0 Å². The lowest BCUT2D eigenvalue weighted by molar-refractivity contribution is 0.720. The summed E-state index contributed by atoms with van der Waals surface area (Å²) in [5.74, 6) is 0. The van der Waals surface area contributed by atoms with Crippen LogP contribution in [0.4, 0.5) is 0 Å². The summed E-state index contributed by atoms with van der Waals surface area (Å²) in [5, 5.41) is 0. The van der Waals surface area contributed by atoms with Gasteiger partial charge in [0.1, 0.15) is 0 Å². The van der Waals surface area contributed by atoms with E-state index in [1.54, 1.807) is 0 Å². The van der Waals surface area contributed by atoms with E-state index < -0.39 is 0 Å². The Bertz CT molecular complexity index is 156. The molecule has 0 heterocycles. The van der Waals surface area contributed by atoms with E-state index in [9.17, 15) is 0 Å². The molecule has 0 aromatic carbocycles. The Morgan fingerprint density at radius 1 is 1.42 bits per heavy atom. The molecule has 0 amide bonds. The third-order valence-electron chi connectivity index (χ3n) is 1.88. The highest BCUT2D eigenvalue weighted by Gasteiger charge is 1.90. The normalized spacial score (nSPS) is 15.5. The van der Waals surface area contributed by atoms with Crippen LogP contribution in [0.1, 0.15) is 47.0 Å². The number of unbranched alkanes of at least 4 members (excludes halogenated alkanes) is 1. The Hall–Kier alpha value is -0.590. The molecule has 0 N–H and O–H groups in total. The average molecular weight is 167 g/mol. The van der Waals surface area contributed by atoms with Crippen molar-refractivity contribution in [1.82, 2.24) is 0 Å². The molecule has 0 aliphatic rings. The van der Waals surface area contributed by atoms with Gasteiger partial charge < -0.3 is 0 Å². The van der Waals surface area contributed by atoms with Gasteiger partial charge in [-0.3, -0.25) is 4.99 Å². The van der Waals surface area contributed by atoms with Gasteiger partial charge in [0.2, 0.25) is 0 Å². The van der Waals surface area contributed by atoms with E-state index in [1.165, 1.54) is 18.4 Å². The van der Waals surface area contributed by atoms with Crippen LogP contribution in [-0.4, -0.2) is 12.3 Å². The van der Waals surface area contributed by atoms with Crippen molar-refractivity contribution in [1.29, 1.82) is 0 Å². The summed E-state index contributed by atoms with van der Waals surface area (Å²) >= 11 is 0. The summed E-state index contributed by atoms with van der Waals surface area (Å²) in [6, 6.07) is 0.468. The Balaban J connectivity index is 3.81. The van der Waals surface area contributed by atoms with Crippen LogP contribution in [0.15, 0.2) is 16.6 Å². The van der Waals surface area contributed by atoms with E-state index in [-0.39, 0.29) is 0 Å². The first-order valence-corrected chi connectivity index (χ1v) is 4.90. The molecule has 0 aromatic heterocycles. The number of hydrogen-bond acceptors (Lipinski definition) is 1. The van der Waals surface area contributed by atoms with Crippen LogP contribution in [-0.2, 0) is 0 Å². The Morgan fingerprint density at radius 3 is 2.58 bits per heavy atom. The number of rotatable bonds is 5. The zero-order valence-electron chi connectivity index (χ0n) is 8.80. The second-order valence-corrected chi connectivity index (χ2v) is 3.27. The number of nitrogens with zero attached hydrogens (tertiary/aromatic N) is 1. The van der Waals surface area contributed by atoms with Crippen LogP contribution in [0.3, 0.4) is 0 Å². The van der Waals surface area contributed by atoms with E-state index in [2.05, 4.69) is 38.8 Å². The SMILES string of the molecule is CCC/C=C(\C)C=NC(C)CC. The van der Waals surface area contributed by atoms with Crippen LogP contribution < -0.4 is 0 Å². The molecule has 0 radical (unpaired) electrons. The van der Waals surface area contributed by atoms with E-state index in [0.717, 1.165) is 6.42 Å². The molecule has 1 unspecified atom stereocenters. The molecule has 0 aliphatic carbocycles. The lowest BCUT2D eigenvalue weighted by Gasteiger charge is -1.99. The van der Waals surface area contributed by atoms with Crippen LogP contribution in [0.5, 0.6) is 0 Å². The zero-order chi connectivity index (χ0) is 9.40. The first kappa shape index (κ1) is 11.4. The summed E-state index contributed by atoms with van der Waals surface area (Å²) in [5.41, 5.74) is 1.29. The van der Waals surface area contributed by atoms with Crippen LogP contribution in [0.2, 0.25) is 0 Å². The Morgan fingerprint density at radius 2 is 2.08 bits per heavy atom. The third kappa shape index (κ3) is 6.14. The lowest BCUT2D eigenvalue weighted by Crippen LogP contribution is -1.94. The largest absolute Gasteiger partial charge is 0.290 e. The van der Waals surface area contributed by atoms with Gasteiger partial charge in [-0.25, -0.2) is 0 Å². The topological polar surface area (TPSA) is 12.4 Å². The number of allylic oxidation sites excluding steroid dienone is 2. The molecule has 0 spiro atoms. The summed E-state index contributed by atoms with van der Waals surface area (Å²) in [4.78, 5) is 4.40. The van der Waals surface area contributed by atoms with Gasteiger partial charge in [0.15, 0.2) is 0 Å². The molecule has 0 saturated carbocycles. The van der Waals surface area contributed by atoms with E-state index in [4.69, 9.17) is 0 Å². The molecular weight excluding hydrogens is 146 g/mol. The maximum Gasteiger partial charge on any atom is 0.0468 e. The fraction of sp³-hybridized carbons (Fsp3) is 0.727. The Kier molecular flexibility index (Phi) is 6.73. The lowest BCUT2D eigenvalue weighted by atomic mass is 10.2. The first-order chi connectivity index (χ1) is 5.70. The first-order valence-electron chi connectivity index (χ1n) is 4.90. The van der Waals surface area contributed by atoms with Crippen molar-refractivity contribution < 1.29 is 0 Å². The van der Waals surface area contributed by atoms with Gasteiger partial charge in [-0.05, 0) is 32.3 Å². The predicted octanol–water partition coefficient (Wildman–Crippen LogP) is 3.60. The minimum absolute atomic E-state index is 0.468. The van der Waals surface area contributed by atoms with Gasteiger partial charge in [0, 0.05) is 12.3 Å². The quantitative estimate of drug-likeness (QED) is 0.555. The van der Waals surface area contributed by atoms with Gasteiger partial charge in [-0.1, -0.05) is 26.3 Å². The minimum Gasteiger partial charge on any atom is -0.290 e. The fourth-order valence-corrected chi connectivity index (χ4v) is 0.775. The second kappa shape index (κ2) is 7.08. The smallest absolute Gasteiger partial charge is 0.0468 e. The summed E-state index contributed by atoms with van der Waals surface area (Å²) < 4.78 is 0. The van der Waals surface area contributed by atoms with Crippen molar-refractivity contribution in [3.05, 3.63) is 11.6 Å². The highest BCUT2D eigenvalue weighted by molar-refractivity contribution is 5.77. The average Bonchev–Trinajstić information content (AvgIpc) is 2.10. The number of aliphatic imine (C=N–C) groups is 1. The van der Waals surface area contributed by atoms with E-state index >= 15 is 0 Å². The van der Waals surface area contributed by atoms with E-state index in [0.29, 0.717) is 6.04 Å². The molecule has 0 saturated heterocycles. The Labute approximate surface area is 76.6 Å². The fourth-order valence-electron chi connectivity index (χ4n) is 0.775. The van der Waals surface area contributed by atoms with Crippen LogP contribution in [0.25, 0.3) is 0 Å². The summed E-state index contributed by atoms with van der Waals surface area (Å²) in [6.45, 7) is 8.60. The zero-order valence-corrected chi connectivity index (χ0v) is 8.80. The molecule has 0 rings (SSSR count). The summed E-state index contributed by atoms with van der Waals surface area (Å²) in [6.07, 6.45) is 7.74.